The van der Waals surface area contributed by atoms with E-state index in [0.29, 0.717) is 24.1 Å². The number of thioether (sulfide) groups is 1. The van der Waals surface area contributed by atoms with E-state index in [-0.39, 0.29) is 42.0 Å². The molecule has 0 aromatic heterocycles. The van der Waals surface area contributed by atoms with E-state index in [9.17, 15) is 9.59 Å². The molecule has 4 atom stereocenters. The first-order valence-corrected chi connectivity index (χ1v) is 9.60. The molecule has 0 aromatic rings. The van der Waals surface area contributed by atoms with Crippen molar-refractivity contribution in [3.05, 3.63) is 0 Å². The summed E-state index contributed by atoms with van der Waals surface area (Å²) >= 11 is 1.92. The van der Waals surface area contributed by atoms with Crippen molar-refractivity contribution >= 4 is 36.1 Å². The first-order valence-electron chi connectivity index (χ1n) is 8.55. The highest BCUT2D eigenvalue weighted by atomic mass is 35.5. The number of hydrogen-bond acceptors (Lipinski definition) is 4. The van der Waals surface area contributed by atoms with Crippen LogP contribution in [-0.2, 0) is 4.79 Å². The maximum atomic E-state index is 12.1. The van der Waals surface area contributed by atoms with E-state index in [4.69, 9.17) is 5.73 Å². The number of amides is 3. The molecule has 2 aliphatic heterocycles. The lowest BCUT2D eigenvalue weighted by atomic mass is 9.88. The summed E-state index contributed by atoms with van der Waals surface area (Å²) in [5.74, 6) is 1.37. The molecule has 6 nitrogen and oxygen atoms in total. The normalized spacial score (nSPS) is 27.7. The second kappa shape index (κ2) is 9.15. The van der Waals surface area contributed by atoms with Crippen molar-refractivity contribution in [3.63, 3.8) is 0 Å². The van der Waals surface area contributed by atoms with Crippen LogP contribution in [0.4, 0.5) is 4.79 Å². The number of carbonyl (C=O) groups excluding carboxylic acids is 2. The number of urea groups is 1. The predicted molar refractivity (Wildman–Crippen MR) is 102 cm³/mol. The highest BCUT2D eigenvalue weighted by Gasteiger charge is 2.42. The van der Waals surface area contributed by atoms with Crippen LogP contribution in [0.5, 0.6) is 0 Å². The maximum absolute atomic E-state index is 12.1. The first kappa shape index (κ1) is 21.4. The molecule has 0 radical (unpaired) electrons. The second-order valence-electron chi connectivity index (χ2n) is 7.19. The Morgan fingerprint density at radius 1 is 1.42 bits per heavy atom. The zero-order chi connectivity index (χ0) is 17.0. The molecule has 0 bridgehead atoms. The minimum atomic E-state index is -0.328. The van der Waals surface area contributed by atoms with Crippen LogP contribution in [0.2, 0.25) is 0 Å². The fraction of sp³-hybridized carbons (Fsp3) is 0.875. The summed E-state index contributed by atoms with van der Waals surface area (Å²) in [4.78, 5) is 23.4. The smallest absolute Gasteiger partial charge is 0.315 e. The van der Waals surface area contributed by atoms with Crippen molar-refractivity contribution < 1.29 is 9.59 Å². The molecule has 2 saturated heterocycles. The number of rotatable bonds is 8. The third-order valence-electron chi connectivity index (χ3n) is 5.20. The Hall–Kier alpha value is -0.660. The minimum absolute atomic E-state index is 0. The van der Waals surface area contributed by atoms with Crippen LogP contribution >= 0.6 is 24.2 Å². The summed E-state index contributed by atoms with van der Waals surface area (Å²) in [7, 11) is 0. The minimum Gasteiger partial charge on any atom is -0.349 e. The van der Waals surface area contributed by atoms with Crippen LogP contribution in [0, 0.1) is 5.92 Å². The van der Waals surface area contributed by atoms with Crippen molar-refractivity contribution in [3.8, 4) is 0 Å². The predicted octanol–water partition coefficient (Wildman–Crippen LogP) is 1.62. The van der Waals surface area contributed by atoms with E-state index in [0.717, 1.165) is 25.0 Å². The highest BCUT2D eigenvalue weighted by Crippen LogP contribution is 2.33. The number of carbonyl (C=O) groups is 2. The summed E-state index contributed by atoms with van der Waals surface area (Å²) in [6, 6.07) is 0.485. The van der Waals surface area contributed by atoms with Crippen LogP contribution in [0.1, 0.15) is 46.5 Å². The quantitative estimate of drug-likeness (QED) is 0.381. The average molecular weight is 379 g/mol. The van der Waals surface area contributed by atoms with Crippen LogP contribution in [-0.4, -0.2) is 47.1 Å². The average Bonchev–Trinajstić information content (AvgIpc) is 3.03. The first-order chi connectivity index (χ1) is 10.9. The Kier molecular flexibility index (Phi) is 8.15. The summed E-state index contributed by atoms with van der Waals surface area (Å²) in [5, 5.41) is 9.50. The SMILES string of the molecule is CC(C)C(C)(CN)NC(=O)CCCC[C@@H]1SC[C@@H]2NC(=O)N[C@@H]21.Cl. The van der Waals surface area contributed by atoms with Gasteiger partial charge in [-0.05, 0) is 25.7 Å². The molecule has 2 fully saturated rings. The summed E-state index contributed by atoms with van der Waals surface area (Å²) in [5.41, 5.74) is 5.47. The molecule has 8 heteroatoms. The van der Waals surface area contributed by atoms with Gasteiger partial charge in [-0.2, -0.15) is 11.8 Å². The van der Waals surface area contributed by atoms with E-state index in [1.807, 2.05) is 18.7 Å². The van der Waals surface area contributed by atoms with E-state index in [1.54, 1.807) is 0 Å². The van der Waals surface area contributed by atoms with Crippen molar-refractivity contribution in [1.29, 1.82) is 0 Å². The molecule has 1 unspecified atom stereocenters. The molecular weight excluding hydrogens is 348 g/mol. The topological polar surface area (TPSA) is 96.2 Å². The van der Waals surface area contributed by atoms with Gasteiger partial charge in [0, 0.05) is 24.0 Å². The van der Waals surface area contributed by atoms with Gasteiger partial charge in [0.2, 0.25) is 5.91 Å². The van der Waals surface area contributed by atoms with E-state index >= 15 is 0 Å². The van der Waals surface area contributed by atoms with Gasteiger partial charge in [-0.3, -0.25) is 4.79 Å². The summed E-state index contributed by atoms with van der Waals surface area (Å²) in [6.07, 6.45) is 3.46. The van der Waals surface area contributed by atoms with Gasteiger partial charge in [-0.25, -0.2) is 4.79 Å². The Bertz CT molecular complexity index is 452. The van der Waals surface area contributed by atoms with Gasteiger partial charge >= 0.3 is 6.03 Å². The maximum Gasteiger partial charge on any atom is 0.315 e. The molecule has 0 aliphatic carbocycles. The molecule has 0 saturated carbocycles. The lowest BCUT2D eigenvalue weighted by Gasteiger charge is -2.33. The summed E-state index contributed by atoms with van der Waals surface area (Å²) < 4.78 is 0. The number of halogens is 1. The summed E-state index contributed by atoms with van der Waals surface area (Å²) in [6.45, 7) is 6.60. The fourth-order valence-electron chi connectivity index (χ4n) is 3.09. The molecule has 24 heavy (non-hydrogen) atoms. The molecular formula is C16H31ClN4O2S. The molecule has 2 aliphatic rings. The van der Waals surface area contributed by atoms with Gasteiger partial charge in [0.05, 0.1) is 17.6 Å². The molecule has 2 rings (SSSR count). The van der Waals surface area contributed by atoms with Crippen LogP contribution < -0.4 is 21.7 Å². The number of fused-ring (bicyclic) bond motifs is 1. The van der Waals surface area contributed by atoms with Gasteiger partial charge < -0.3 is 21.7 Å². The molecule has 3 amide bonds. The van der Waals surface area contributed by atoms with Crippen LogP contribution in [0.25, 0.3) is 0 Å². The van der Waals surface area contributed by atoms with Crippen molar-refractivity contribution in [1.82, 2.24) is 16.0 Å². The van der Waals surface area contributed by atoms with Gasteiger partial charge in [-0.15, -0.1) is 12.4 Å². The zero-order valence-corrected chi connectivity index (χ0v) is 16.4. The standard InChI is InChI=1S/C16H30N4O2S.ClH/c1-10(2)16(3,9-17)20-13(21)7-5-4-6-12-14-11(8-23-12)18-15(22)19-14;/h10-12,14H,4-9,17H2,1-3H3,(H,20,21)(H2,18,19,22);1H/t11-,12-,14-,16?;/m0./s1. The van der Waals surface area contributed by atoms with E-state index < -0.39 is 0 Å². The van der Waals surface area contributed by atoms with Crippen LogP contribution in [0.15, 0.2) is 0 Å². The monoisotopic (exact) mass is 378 g/mol. The lowest BCUT2D eigenvalue weighted by Crippen LogP contribution is -2.54. The van der Waals surface area contributed by atoms with Gasteiger partial charge in [0.25, 0.3) is 0 Å². The molecule has 0 spiro atoms. The Balaban J connectivity index is 0.00000288. The largest absolute Gasteiger partial charge is 0.349 e. The van der Waals surface area contributed by atoms with Crippen molar-refractivity contribution in [2.24, 2.45) is 11.7 Å². The zero-order valence-electron chi connectivity index (χ0n) is 14.8. The van der Waals surface area contributed by atoms with E-state index in [1.165, 1.54) is 0 Å². The molecule has 0 aromatic carbocycles. The van der Waals surface area contributed by atoms with Gasteiger partial charge in [0.1, 0.15) is 0 Å². The third-order valence-corrected chi connectivity index (χ3v) is 6.71. The lowest BCUT2D eigenvalue weighted by molar-refractivity contribution is -0.123. The fourth-order valence-corrected chi connectivity index (χ4v) is 4.63. The number of hydrogen-bond donors (Lipinski definition) is 4. The third kappa shape index (κ3) is 5.17. The number of nitrogens with two attached hydrogens (primary N) is 1. The molecule has 2 heterocycles. The number of nitrogens with one attached hydrogen (secondary N) is 3. The second-order valence-corrected chi connectivity index (χ2v) is 8.46. The Morgan fingerprint density at radius 2 is 2.12 bits per heavy atom. The van der Waals surface area contributed by atoms with Crippen molar-refractivity contribution in [2.45, 2.75) is 69.3 Å². The van der Waals surface area contributed by atoms with Gasteiger partial charge in [0.15, 0.2) is 0 Å². The van der Waals surface area contributed by atoms with E-state index in [2.05, 4.69) is 29.8 Å². The number of unbranched alkanes of at least 4 members (excludes halogenated alkanes) is 1. The highest BCUT2D eigenvalue weighted by molar-refractivity contribution is 8.00. The molecule has 5 N–H and O–H groups in total. The van der Waals surface area contributed by atoms with Crippen molar-refractivity contribution in [2.75, 3.05) is 12.3 Å². The molecule has 140 valence electrons. The van der Waals surface area contributed by atoms with Gasteiger partial charge in [-0.1, -0.05) is 20.3 Å². The van der Waals surface area contributed by atoms with Crippen LogP contribution in [0.3, 0.4) is 0 Å². The Labute approximate surface area is 155 Å². The Morgan fingerprint density at radius 3 is 2.75 bits per heavy atom.